The highest BCUT2D eigenvalue weighted by Gasteiger charge is 2.33. The SMILES string of the molecule is CC1=NN(C(=O)c2ccccc2O)C(=O)C1=Cc1ccc([N+](=O)[O-])cc1. The van der Waals surface area contributed by atoms with Crippen molar-refractivity contribution in [3.8, 4) is 5.75 Å². The summed E-state index contributed by atoms with van der Waals surface area (Å²) in [5.41, 5.74) is 0.991. The van der Waals surface area contributed by atoms with Gasteiger partial charge >= 0.3 is 0 Å². The van der Waals surface area contributed by atoms with Crippen LogP contribution in [0.25, 0.3) is 6.08 Å². The number of aromatic hydroxyl groups is 1. The van der Waals surface area contributed by atoms with E-state index in [0.717, 1.165) is 0 Å². The number of non-ortho nitro benzene ring substituents is 1. The molecule has 8 nitrogen and oxygen atoms in total. The lowest BCUT2D eigenvalue weighted by Gasteiger charge is -2.10. The van der Waals surface area contributed by atoms with Crippen LogP contribution >= 0.6 is 0 Å². The third-order valence-corrected chi connectivity index (χ3v) is 3.80. The molecule has 1 aliphatic rings. The molecule has 2 aromatic rings. The Kier molecular flexibility index (Phi) is 4.32. The Bertz CT molecular complexity index is 977. The molecule has 0 radical (unpaired) electrons. The number of phenolic OH excluding ortho intramolecular Hbond substituents is 1. The topological polar surface area (TPSA) is 113 Å². The van der Waals surface area contributed by atoms with Crippen LogP contribution in [0, 0.1) is 10.1 Å². The number of carbonyl (C=O) groups is 2. The van der Waals surface area contributed by atoms with Crippen molar-refractivity contribution in [2.24, 2.45) is 5.10 Å². The van der Waals surface area contributed by atoms with Crippen LogP contribution in [0.3, 0.4) is 0 Å². The van der Waals surface area contributed by atoms with E-state index >= 15 is 0 Å². The Balaban J connectivity index is 1.89. The van der Waals surface area contributed by atoms with Gasteiger partial charge in [0.05, 0.1) is 21.8 Å². The maximum Gasteiger partial charge on any atom is 0.285 e. The average Bonchev–Trinajstić information content (AvgIpc) is 2.90. The highest BCUT2D eigenvalue weighted by Crippen LogP contribution is 2.24. The largest absolute Gasteiger partial charge is 0.507 e. The molecule has 1 heterocycles. The molecule has 0 fully saturated rings. The van der Waals surface area contributed by atoms with Crippen LogP contribution in [0.1, 0.15) is 22.8 Å². The monoisotopic (exact) mass is 351 g/mol. The smallest absolute Gasteiger partial charge is 0.285 e. The van der Waals surface area contributed by atoms with Crippen molar-refractivity contribution >= 4 is 29.3 Å². The Hall–Kier alpha value is -3.81. The van der Waals surface area contributed by atoms with E-state index in [4.69, 9.17) is 0 Å². The fraction of sp³-hybridized carbons (Fsp3) is 0.0556. The van der Waals surface area contributed by atoms with Gasteiger partial charge in [0.2, 0.25) is 0 Å². The van der Waals surface area contributed by atoms with Gasteiger partial charge in [0.25, 0.3) is 17.5 Å². The molecule has 8 heteroatoms. The van der Waals surface area contributed by atoms with Gasteiger partial charge in [0.1, 0.15) is 5.75 Å². The van der Waals surface area contributed by atoms with Gasteiger partial charge < -0.3 is 5.11 Å². The van der Waals surface area contributed by atoms with E-state index in [2.05, 4.69) is 5.10 Å². The maximum atomic E-state index is 12.6. The first-order chi connectivity index (χ1) is 12.4. The molecular formula is C18H13N3O5. The van der Waals surface area contributed by atoms with Crippen molar-refractivity contribution in [2.45, 2.75) is 6.92 Å². The summed E-state index contributed by atoms with van der Waals surface area (Å²) in [5, 5.41) is 25.2. The van der Waals surface area contributed by atoms with Gasteiger partial charge in [-0.15, -0.1) is 0 Å². The summed E-state index contributed by atoms with van der Waals surface area (Å²) in [6, 6.07) is 11.5. The molecule has 0 aromatic heterocycles. The second-order valence-electron chi connectivity index (χ2n) is 5.53. The molecule has 130 valence electrons. The number of para-hydroxylation sites is 1. The second kappa shape index (κ2) is 6.60. The average molecular weight is 351 g/mol. The van der Waals surface area contributed by atoms with E-state index in [1.807, 2.05) is 0 Å². The molecule has 1 aliphatic heterocycles. The summed E-state index contributed by atoms with van der Waals surface area (Å²) in [7, 11) is 0. The summed E-state index contributed by atoms with van der Waals surface area (Å²) in [6.07, 6.45) is 1.50. The number of hydrogen-bond acceptors (Lipinski definition) is 6. The number of rotatable bonds is 3. The van der Waals surface area contributed by atoms with E-state index in [9.17, 15) is 24.8 Å². The van der Waals surface area contributed by atoms with Gasteiger partial charge in [-0.1, -0.05) is 12.1 Å². The third-order valence-electron chi connectivity index (χ3n) is 3.80. The number of nitro groups is 1. The van der Waals surface area contributed by atoms with Crippen LogP contribution in [0.2, 0.25) is 0 Å². The zero-order valence-corrected chi connectivity index (χ0v) is 13.6. The second-order valence-corrected chi connectivity index (χ2v) is 5.53. The normalized spacial score (nSPS) is 15.3. The number of amides is 2. The van der Waals surface area contributed by atoms with Gasteiger partial charge in [-0.25, -0.2) is 0 Å². The van der Waals surface area contributed by atoms with Crippen molar-refractivity contribution in [1.82, 2.24) is 5.01 Å². The number of benzene rings is 2. The highest BCUT2D eigenvalue weighted by atomic mass is 16.6. The van der Waals surface area contributed by atoms with Gasteiger partial charge in [-0.3, -0.25) is 19.7 Å². The minimum Gasteiger partial charge on any atom is -0.507 e. The van der Waals surface area contributed by atoms with Crippen LogP contribution in [-0.2, 0) is 4.79 Å². The molecule has 0 unspecified atom stereocenters. The number of phenols is 1. The summed E-state index contributed by atoms with van der Waals surface area (Å²) in [4.78, 5) is 35.2. The number of nitrogens with zero attached hydrogens (tertiary/aromatic N) is 3. The first kappa shape index (κ1) is 17.0. The Morgan fingerprint density at radius 1 is 1.19 bits per heavy atom. The number of nitro benzene ring substituents is 1. The number of hydrazone groups is 1. The van der Waals surface area contributed by atoms with E-state index < -0.39 is 16.7 Å². The van der Waals surface area contributed by atoms with Gasteiger partial charge in [0.15, 0.2) is 0 Å². The molecule has 26 heavy (non-hydrogen) atoms. The molecule has 0 atom stereocenters. The van der Waals surface area contributed by atoms with E-state index in [0.29, 0.717) is 16.3 Å². The van der Waals surface area contributed by atoms with E-state index in [1.165, 1.54) is 42.5 Å². The van der Waals surface area contributed by atoms with Gasteiger partial charge in [0, 0.05) is 12.1 Å². The number of carbonyl (C=O) groups excluding carboxylic acids is 2. The molecule has 0 spiro atoms. The fourth-order valence-corrected chi connectivity index (χ4v) is 2.45. The van der Waals surface area contributed by atoms with Crippen molar-refractivity contribution in [3.05, 3.63) is 75.3 Å². The molecule has 0 saturated carbocycles. The summed E-state index contributed by atoms with van der Waals surface area (Å²) < 4.78 is 0. The summed E-state index contributed by atoms with van der Waals surface area (Å²) in [6.45, 7) is 1.58. The van der Waals surface area contributed by atoms with E-state index in [1.54, 1.807) is 19.1 Å². The lowest BCUT2D eigenvalue weighted by atomic mass is 10.1. The summed E-state index contributed by atoms with van der Waals surface area (Å²) >= 11 is 0. The number of imide groups is 1. The lowest BCUT2D eigenvalue weighted by molar-refractivity contribution is -0.384. The lowest BCUT2D eigenvalue weighted by Crippen LogP contribution is -2.29. The third kappa shape index (κ3) is 3.07. The maximum absolute atomic E-state index is 12.6. The van der Waals surface area contributed by atoms with Crippen molar-refractivity contribution in [1.29, 1.82) is 0 Å². The minimum absolute atomic E-state index is 0.0333. The van der Waals surface area contributed by atoms with Crippen LogP contribution in [0.4, 0.5) is 5.69 Å². The van der Waals surface area contributed by atoms with Crippen molar-refractivity contribution in [2.75, 3.05) is 0 Å². The van der Waals surface area contributed by atoms with Crippen LogP contribution in [-0.4, -0.2) is 32.6 Å². The fourth-order valence-electron chi connectivity index (χ4n) is 2.45. The Morgan fingerprint density at radius 3 is 2.46 bits per heavy atom. The molecular weight excluding hydrogens is 338 g/mol. The molecule has 2 aromatic carbocycles. The minimum atomic E-state index is -0.737. The standard InChI is InChI=1S/C18H13N3O5/c1-11-15(10-12-6-8-13(9-7-12)21(25)26)18(24)20(19-11)17(23)14-4-2-3-5-16(14)22/h2-10,22H,1H3. The molecule has 1 N–H and O–H groups in total. The molecule has 3 rings (SSSR count). The molecule has 0 saturated heterocycles. The number of hydrogen-bond donors (Lipinski definition) is 1. The first-order valence-electron chi connectivity index (χ1n) is 7.57. The molecule has 0 aliphatic carbocycles. The molecule has 0 bridgehead atoms. The zero-order chi connectivity index (χ0) is 18.8. The zero-order valence-electron chi connectivity index (χ0n) is 13.6. The van der Waals surface area contributed by atoms with Crippen molar-refractivity contribution in [3.63, 3.8) is 0 Å². The Labute approximate surface area is 147 Å². The summed E-state index contributed by atoms with van der Waals surface area (Å²) in [5.74, 6) is -1.61. The highest BCUT2D eigenvalue weighted by molar-refractivity contribution is 6.30. The van der Waals surface area contributed by atoms with Crippen LogP contribution in [0.5, 0.6) is 5.75 Å². The van der Waals surface area contributed by atoms with E-state index in [-0.39, 0.29) is 22.6 Å². The van der Waals surface area contributed by atoms with Crippen molar-refractivity contribution < 1.29 is 19.6 Å². The predicted octanol–water partition coefficient (Wildman–Crippen LogP) is 2.74. The predicted molar refractivity (Wildman–Crippen MR) is 93.5 cm³/mol. The Morgan fingerprint density at radius 2 is 1.85 bits per heavy atom. The molecule has 2 amide bonds. The quantitative estimate of drug-likeness (QED) is 0.395. The first-order valence-corrected chi connectivity index (χ1v) is 7.57. The van der Waals surface area contributed by atoms with Crippen LogP contribution in [0.15, 0.2) is 59.2 Å². The van der Waals surface area contributed by atoms with Gasteiger partial charge in [-0.05, 0) is 42.8 Å². The van der Waals surface area contributed by atoms with Gasteiger partial charge in [-0.2, -0.15) is 10.1 Å². The van der Waals surface area contributed by atoms with Crippen LogP contribution < -0.4 is 0 Å².